The Bertz CT molecular complexity index is 1140. The first-order valence-corrected chi connectivity index (χ1v) is 10.3. The van der Waals surface area contributed by atoms with Gasteiger partial charge in [0, 0.05) is 16.8 Å². The average molecular weight is 482 g/mol. The minimum atomic E-state index is -0.636. The number of rotatable bonds is 6. The lowest BCUT2D eigenvalue weighted by Gasteiger charge is -2.22. The van der Waals surface area contributed by atoms with Crippen molar-refractivity contribution in [3.8, 4) is 0 Å². The lowest BCUT2D eigenvalue weighted by molar-refractivity contribution is 0.0208. The van der Waals surface area contributed by atoms with Crippen molar-refractivity contribution < 1.29 is 14.4 Å². The summed E-state index contributed by atoms with van der Waals surface area (Å²) in [6.45, 7) is 5.50. The van der Waals surface area contributed by atoms with Gasteiger partial charge in [0.15, 0.2) is 5.78 Å². The van der Waals surface area contributed by atoms with E-state index < -0.39 is 11.4 Å². The summed E-state index contributed by atoms with van der Waals surface area (Å²) in [5.41, 5.74) is 2.69. The normalized spacial score (nSPS) is 11.4. The van der Waals surface area contributed by atoms with Crippen LogP contribution in [-0.4, -0.2) is 26.5 Å². The Morgan fingerprint density at radius 2 is 1.84 bits per heavy atom. The fourth-order valence-electron chi connectivity index (χ4n) is 2.79. The number of halogens is 3. The zero-order valence-corrected chi connectivity index (χ0v) is 19.2. The summed E-state index contributed by atoms with van der Waals surface area (Å²) in [5.74, 6) is -1.02. The van der Waals surface area contributed by atoms with Crippen LogP contribution in [0.4, 0.5) is 0 Å². The third-order valence-electron chi connectivity index (χ3n) is 4.21. The molecule has 0 saturated heterocycles. The quantitative estimate of drug-likeness (QED) is 0.392. The first-order chi connectivity index (χ1) is 14.6. The van der Waals surface area contributed by atoms with E-state index in [2.05, 4.69) is 15.6 Å². The zero-order chi connectivity index (χ0) is 22.8. The number of hydroxylamine groups is 1. The smallest absolute Gasteiger partial charge is 0.288 e. The van der Waals surface area contributed by atoms with Crippen molar-refractivity contribution in [1.82, 2.24) is 20.2 Å². The highest BCUT2D eigenvalue weighted by atomic mass is 35.5. The molecule has 0 atom stereocenters. The van der Waals surface area contributed by atoms with Crippen LogP contribution >= 0.6 is 34.8 Å². The van der Waals surface area contributed by atoms with Gasteiger partial charge in [-0.05, 0) is 39.0 Å². The van der Waals surface area contributed by atoms with Crippen LogP contribution in [0.2, 0.25) is 15.1 Å². The number of nitrogens with zero attached hydrogens (tertiary/aromatic N) is 3. The highest BCUT2D eigenvalue weighted by Gasteiger charge is 2.29. The topological polar surface area (TPSA) is 86.1 Å². The summed E-state index contributed by atoms with van der Waals surface area (Å²) in [7, 11) is 0. The van der Waals surface area contributed by atoms with Crippen molar-refractivity contribution in [2.75, 3.05) is 0 Å². The molecule has 2 heterocycles. The van der Waals surface area contributed by atoms with Crippen LogP contribution in [0.5, 0.6) is 0 Å². The molecule has 2 aromatic heterocycles. The predicted molar refractivity (Wildman–Crippen MR) is 119 cm³/mol. The number of benzene rings is 1. The number of nitrogens with one attached hydrogen (secondary N) is 1. The van der Waals surface area contributed by atoms with Gasteiger partial charge < -0.3 is 0 Å². The van der Waals surface area contributed by atoms with Gasteiger partial charge in [-0.2, -0.15) is 5.10 Å². The first kappa shape index (κ1) is 23.2. The van der Waals surface area contributed by atoms with Crippen LogP contribution in [-0.2, 0) is 17.0 Å². The molecule has 0 radical (unpaired) electrons. The summed E-state index contributed by atoms with van der Waals surface area (Å²) in [4.78, 5) is 35.4. The van der Waals surface area contributed by atoms with Crippen LogP contribution in [0.3, 0.4) is 0 Å². The molecule has 0 spiro atoms. The van der Waals surface area contributed by atoms with Crippen LogP contribution < -0.4 is 5.48 Å². The van der Waals surface area contributed by atoms with Crippen molar-refractivity contribution >= 4 is 46.5 Å². The maximum absolute atomic E-state index is 13.1. The molecule has 0 saturated carbocycles. The number of amides is 1. The summed E-state index contributed by atoms with van der Waals surface area (Å²) < 4.78 is 1.47. The molecular formula is C21H19Cl3N4O3. The van der Waals surface area contributed by atoms with Crippen LogP contribution in [0.25, 0.3) is 0 Å². The number of pyridine rings is 1. The number of aromatic nitrogens is 3. The van der Waals surface area contributed by atoms with Crippen LogP contribution in [0.15, 0.2) is 42.7 Å². The standard InChI is InChI=1S/C21H19Cl3N4O3/c1-21(2,3)28-18(15(10-26-28)19(29)12-5-4-6-13(22)7-12)20(30)27-31-11-17-16(24)8-14(23)9-25-17/h4-10H,11H2,1-3H3,(H,27,30). The largest absolute Gasteiger partial charge is 0.293 e. The Kier molecular flexibility index (Phi) is 7.01. The molecule has 1 N–H and O–H groups in total. The molecule has 31 heavy (non-hydrogen) atoms. The molecule has 0 fully saturated rings. The number of ketones is 1. The monoisotopic (exact) mass is 480 g/mol. The maximum Gasteiger partial charge on any atom is 0.293 e. The van der Waals surface area contributed by atoms with Crippen molar-refractivity contribution in [3.63, 3.8) is 0 Å². The number of hydrogen-bond donors (Lipinski definition) is 1. The molecule has 7 nitrogen and oxygen atoms in total. The zero-order valence-electron chi connectivity index (χ0n) is 16.9. The van der Waals surface area contributed by atoms with Crippen molar-refractivity contribution in [3.05, 3.63) is 80.3 Å². The Labute approximate surface area is 194 Å². The summed E-state index contributed by atoms with van der Waals surface area (Å²) in [6.07, 6.45) is 2.78. The highest BCUT2D eigenvalue weighted by Crippen LogP contribution is 2.23. The fourth-order valence-corrected chi connectivity index (χ4v) is 3.42. The molecule has 0 bridgehead atoms. The lowest BCUT2D eigenvalue weighted by Crippen LogP contribution is -2.33. The molecule has 0 unspecified atom stereocenters. The fraction of sp³-hybridized carbons (Fsp3) is 0.238. The second-order valence-electron chi connectivity index (χ2n) is 7.63. The Hall–Kier alpha value is -2.45. The van der Waals surface area contributed by atoms with Crippen molar-refractivity contribution in [2.24, 2.45) is 0 Å². The predicted octanol–water partition coefficient (Wildman–Crippen LogP) is 5.09. The second kappa shape index (κ2) is 9.36. The molecule has 162 valence electrons. The SMILES string of the molecule is CC(C)(C)n1ncc(C(=O)c2cccc(Cl)c2)c1C(=O)NOCc1ncc(Cl)cc1Cl. The molecule has 0 aliphatic heterocycles. The highest BCUT2D eigenvalue weighted by molar-refractivity contribution is 6.34. The number of hydrogen-bond acceptors (Lipinski definition) is 5. The van der Waals surface area contributed by atoms with E-state index in [1.54, 1.807) is 18.2 Å². The van der Waals surface area contributed by atoms with Crippen LogP contribution in [0.1, 0.15) is 52.9 Å². The molecule has 3 aromatic rings. The van der Waals surface area contributed by atoms with Gasteiger partial charge >= 0.3 is 0 Å². The van der Waals surface area contributed by atoms with E-state index in [1.165, 1.54) is 29.2 Å². The Morgan fingerprint density at radius 1 is 1.10 bits per heavy atom. The van der Waals surface area contributed by atoms with E-state index in [9.17, 15) is 9.59 Å². The molecule has 1 amide bonds. The van der Waals surface area contributed by atoms with E-state index in [0.717, 1.165) is 0 Å². The Balaban J connectivity index is 1.86. The van der Waals surface area contributed by atoms with E-state index in [0.29, 0.717) is 26.3 Å². The molecule has 0 aliphatic carbocycles. The van der Waals surface area contributed by atoms with E-state index in [1.807, 2.05) is 20.8 Å². The lowest BCUT2D eigenvalue weighted by atomic mass is 10.0. The van der Waals surface area contributed by atoms with Crippen molar-refractivity contribution in [2.45, 2.75) is 32.9 Å². The van der Waals surface area contributed by atoms with Gasteiger partial charge in [-0.15, -0.1) is 0 Å². The number of carbonyl (C=O) groups is 2. The minimum absolute atomic E-state index is 0.0626. The summed E-state index contributed by atoms with van der Waals surface area (Å²) >= 11 is 17.9. The maximum atomic E-state index is 13.1. The molecule has 0 aliphatic rings. The van der Waals surface area contributed by atoms with Gasteiger partial charge in [-0.25, -0.2) is 5.48 Å². The van der Waals surface area contributed by atoms with Crippen molar-refractivity contribution in [1.29, 1.82) is 0 Å². The van der Waals surface area contributed by atoms with Gasteiger partial charge in [-0.3, -0.25) is 24.1 Å². The summed E-state index contributed by atoms with van der Waals surface area (Å²) in [6, 6.07) is 8.00. The molecule has 10 heteroatoms. The van der Waals surface area contributed by atoms with E-state index >= 15 is 0 Å². The van der Waals surface area contributed by atoms with Gasteiger partial charge in [-0.1, -0.05) is 46.9 Å². The van der Waals surface area contributed by atoms with Crippen LogP contribution in [0, 0.1) is 0 Å². The minimum Gasteiger partial charge on any atom is -0.288 e. The van der Waals surface area contributed by atoms with Gasteiger partial charge in [0.25, 0.3) is 5.91 Å². The third kappa shape index (κ3) is 5.43. The second-order valence-corrected chi connectivity index (χ2v) is 8.91. The van der Waals surface area contributed by atoms with E-state index in [-0.39, 0.29) is 23.6 Å². The van der Waals surface area contributed by atoms with Gasteiger partial charge in [0.2, 0.25) is 0 Å². The molecular weight excluding hydrogens is 463 g/mol. The van der Waals surface area contributed by atoms with Gasteiger partial charge in [0.1, 0.15) is 12.3 Å². The molecule has 3 rings (SSSR count). The van der Waals surface area contributed by atoms with E-state index in [4.69, 9.17) is 39.6 Å². The summed E-state index contributed by atoms with van der Waals surface area (Å²) in [5, 5.41) is 5.37. The Morgan fingerprint density at radius 3 is 2.48 bits per heavy atom. The average Bonchev–Trinajstić information content (AvgIpc) is 3.14. The number of carbonyl (C=O) groups excluding carboxylic acids is 2. The van der Waals surface area contributed by atoms with Gasteiger partial charge in [0.05, 0.1) is 33.0 Å². The first-order valence-electron chi connectivity index (χ1n) is 9.18. The molecule has 1 aromatic carbocycles. The third-order valence-corrected chi connectivity index (χ3v) is 4.98.